The summed E-state index contributed by atoms with van der Waals surface area (Å²) in [5, 5.41) is 0. The molecule has 1 amide bonds. The fraction of sp³-hybridized carbons (Fsp3) is 0.286. The molecule has 1 aromatic heterocycles. The van der Waals surface area contributed by atoms with Gasteiger partial charge in [-0.3, -0.25) is 4.79 Å². The lowest BCUT2D eigenvalue weighted by molar-refractivity contribution is -0.137. The zero-order valence-corrected chi connectivity index (χ0v) is 19.8. The molecule has 0 bridgehead atoms. The molecule has 5 nitrogen and oxygen atoms in total. The predicted octanol–water partition coefficient (Wildman–Crippen LogP) is 6.35. The number of ether oxygens (including phenoxy) is 1. The van der Waals surface area contributed by atoms with Gasteiger partial charge in [0.1, 0.15) is 11.6 Å². The summed E-state index contributed by atoms with van der Waals surface area (Å²) in [6, 6.07) is 20.6. The number of aromatic nitrogens is 2. The highest BCUT2D eigenvalue weighted by molar-refractivity contribution is 5.96. The van der Waals surface area contributed by atoms with Crippen molar-refractivity contribution in [3.05, 3.63) is 89.7 Å². The van der Waals surface area contributed by atoms with E-state index in [1.807, 2.05) is 55.5 Å². The summed E-state index contributed by atoms with van der Waals surface area (Å²) in [4.78, 5) is 19.1. The van der Waals surface area contributed by atoms with E-state index in [0.717, 1.165) is 41.2 Å². The maximum absolute atomic E-state index is 13.2. The van der Waals surface area contributed by atoms with Crippen LogP contribution in [0.4, 0.5) is 18.9 Å². The van der Waals surface area contributed by atoms with Crippen molar-refractivity contribution in [1.29, 1.82) is 0 Å². The zero-order valence-electron chi connectivity index (χ0n) is 19.8. The average Bonchev–Trinajstić information content (AvgIpc) is 3.43. The molecular formula is C28H26F3N3O2. The lowest BCUT2D eigenvalue weighted by Crippen LogP contribution is -2.25. The van der Waals surface area contributed by atoms with E-state index in [0.29, 0.717) is 13.2 Å². The van der Waals surface area contributed by atoms with Gasteiger partial charge in [0.25, 0.3) is 0 Å². The van der Waals surface area contributed by atoms with Gasteiger partial charge in [-0.1, -0.05) is 35.9 Å². The molecule has 1 fully saturated rings. The van der Waals surface area contributed by atoms with Crippen molar-refractivity contribution in [2.24, 2.45) is 0 Å². The molecule has 1 atom stereocenters. The van der Waals surface area contributed by atoms with Gasteiger partial charge in [-0.25, -0.2) is 4.98 Å². The Kier molecular flexibility index (Phi) is 6.43. The minimum atomic E-state index is -4.47. The highest BCUT2D eigenvalue weighted by Crippen LogP contribution is 2.36. The van der Waals surface area contributed by atoms with Gasteiger partial charge in [0, 0.05) is 31.1 Å². The molecule has 1 aliphatic rings. The number of para-hydroxylation sites is 2. The maximum Gasteiger partial charge on any atom is 0.416 e. The van der Waals surface area contributed by atoms with Crippen molar-refractivity contribution < 1.29 is 22.7 Å². The number of fused-ring (bicyclic) bond motifs is 1. The normalized spacial score (nSPS) is 16.2. The van der Waals surface area contributed by atoms with Crippen LogP contribution in [0.15, 0.2) is 72.8 Å². The van der Waals surface area contributed by atoms with Crippen LogP contribution in [0.5, 0.6) is 5.75 Å². The molecule has 186 valence electrons. The molecule has 0 saturated carbocycles. The third-order valence-electron chi connectivity index (χ3n) is 6.48. The fourth-order valence-electron chi connectivity index (χ4n) is 4.67. The van der Waals surface area contributed by atoms with Crippen molar-refractivity contribution in [3.63, 3.8) is 0 Å². The van der Waals surface area contributed by atoms with Crippen LogP contribution in [0.1, 0.15) is 35.7 Å². The number of imidazole rings is 1. The standard InChI is InChI=1S/C28H26F3N3O2/c1-19-10-12-23(13-11-19)36-15-5-14-33-25-9-3-2-8-24(25)32-27(33)20-16-26(35)34(18-20)22-7-4-6-21(17-22)28(29,30)31/h2-4,6-13,17,20H,5,14-16,18H2,1H3/t20-/m0/s1. The second-order valence-electron chi connectivity index (χ2n) is 9.08. The van der Waals surface area contributed by atoms with Gasteiger partial charge in [0.15, 0.2) is 0 Å². The number of carbonyl (C=O) groups is 1. The van der Waals surface area contributed by atoms with Crippen LogP contribution in [0, 0.1) is 6.92 Å². The molecule has 2 heterocycles. The van der Waals surface area contributed by atoms with E-state index in [2.05, 4.69) is 4.57 Å². The minimum Gasteiger partial charge on any atom is -0.494 e. The summed E-state index contributed by atoms with van der Waals surface area (Å²) in [5.41, 5.74) is 2.45. The van der Waals surface area contributed by atoms with E-state index < -0.39 is 11.7 Å². The van der Waals surface area contributed by atoms with Crippen molar-refractivity contribution >= 4 is 22.6 Å². The maximum atomic E-state index is 13.2. The van der Waals surface area contributed by atoms with Crippen LogP contribution in [0.25, 0.3) is 11.0 Å². The van der Waals surface area contributed by atoms with Crippen LogP contribution >= 0.6 is 0 Å². The summed E-state index contributed by atoms with van der Waals surface area (Å²) in [7, 11) is 0. The predicted molar refractivity (Wildman–Crippen MR) is 132 cm³/mol. The number of benzene rings is 3. The van der Waals surface area contributed by atoms with Crippen molar-refractivity contribution in [2.45, 2.75) is 38.4 Å². The number of amides is 1. The number of anilines is 1. The van der Waals surface area contributed by atoms with Crippen LogP contribution < -0.4 is 9.64 Å². The number of hydrogen-bond acceptors (Lipinski definition) is 3. The van der Waals surface area contributed by atoms with E-state index in [1.165, 1.54) is 16.5 Å². The van der Waals surface area contributed by atoms with Crippen molar-refractivity contribution in [1.82, 2.24) is 9.55 Å². The Morgan fingerprint density at radius 3 is 2.58 bits per heavy atom. The number of rotatable bonds is 7. The zero-order chi connectivity index (χ0) is 25.3. The van der Waals surface area contributed by atoms with Crippen LogP contribution in [0.2, 0.25) is 0 Å². The molecule has 0 radical (unpaired) electrons. The highest BCUT2D eigenvalue weighted by Gasteiger charge is 2.36. The summed E-state index contributed by atoms with van der Waals surface area (Å²) < 4.78 is 47.6. The molecule has 8 heteroatoms. The highest BCUT2D eigenvalue weighted by atomic mass is 19.4. The quantitative estimate of drug-likeness (QED) is 0.282. The molecule has 36 heavy (non-hydrogen) atoms. The SMILES string of the molecule is Cc1ccc(OCCCn2c([C@H]3CC(=O)N(c4cccc(C(F)(F)F)c4)C3)nc3ccccc32)cc1. The van der Waals surface area contributed by atoms with Crippen molar-refractivity contribution in [3.8, 4) is 5.75 Å². The van der Waals surface area contributed by atoms with E-state index in [1.54, 1.807) is 6.07 Å². The number of nitrogens with zero attached hydrogens (tertiary/aromatic N) is 3. The van der Waals surface area contributed by atoms with Crippen LogP contribution in [0.3, 0.4) is 0 Å². The minimum absolute atomic E-state index is 0.194. The number of aryl methyl sites for hydroxylation is 2. The molecule has 0 N–H and O–H groups in total. The molecule has 5 rings (SSSR count). The fourth-order valence-corrected chi connectivity index (χ4v) is 4.67. The molecule has 0 spiro atoms. The van der Waals surface area contributed by atoms with Gasteiger partial charge in [0.05, 0.1) is 23.2 Å². The number of alkyl halides is 3. The summed E-state index contributed by atoms with van der Waals surface area (Å²) in [6.07, 6.45) is -3.54. The largest absolute Gasteiger partial charge is 0.494 e. The van der Waals surface area contributed by atoms with Crippen LogP contribution in [-0.4, -0.2) is 28.6 Å². The number of halogens is 3. The first kappa shape index (κ1) is 23.9. The summed E-state index contributed by atoms with van der Waals surface area (Å²) in [5.74, 6) is 1.15. The summed E-state index contributed by atoms with van der Waals surface area (Å²) >= 11 is 0. The van der Waals surface area contributed by atoms with Gasteiger partial charge in [-0.05, 0) is 55.8 Å². The topological polar surface area (TPSA) is 47.4 Å². The molecule has 3 aromatic carbocycles. The Morgan fingerprint density at radius 2 is 1.81 bits per heavy atom. The molecule has 0 aliphatic carbocycles. The van der Waals surface area contributed by atoms with Gasteiger partial charge in [-0.2, -0.15) is 13.2 Å². The van der Waals surface area contributed by atoms with E-state index >= 15 is 0 Å². The Balaban J connectivity index is 1.35. The molecule has 0 unspecified atom stereocenters. The number of hydrogen-bond donors (Lipinski definition) is 0. The Bertz CT molecular complexity index is 1380. The van der Waals surface area contributed by atoms with E-state index in [-0.39, 0.29) is 30.5 Å². The first-order valence-electron chi connectivity index (χ1n) is 11.9. The van der Waals surface area contributed by atoms with Gasteiger partial charge in [0.2, 0.25) is 5.91 Å². The Labute approximate surface area is 207 Å². The first-order valence-corrected chi connectivity index (χ1v) is 11.9. The monoisotopic (exact) mass is 493 g/mol. The Hall–Kier alpha value is -3.81. The summed E-state index contributed by atoms with van der Waals surface area (Å²) in [6.45, 7) is 3.48. The lowest BCUT2D eigenvalue weighted by Gasteiger charge is -2.19. The second-order valence-corrected chi connectivity index (χ2v) is 9.08. The molecule has 1 aliphatic heterocycles. The molecule has 1 saturated heterocycles. The first-order chi connectivity index (χ1) is 17.3. The third-order valence-corrected chi connectivity index (χ3v) is 6.48. The Morgan fingerprint density at radius 1 is 1.03 bits per heavy atom. The second kappa shape index (κ2) is 9.68. The number of carbonyl (C=O) groups excluding carboxylic acids is 1. The van der Waals surface area contributed by atoms with Crippen LogP contribution in [-0.2, 0) is 17.5 Å². The van der Waals surface area contributed by atoms with E-state index in [9.17, 15) is 18.0 Å². The molecular weight excluding hydrogens is 467 g/mol. The van der Waals surface area contributed by atoms with Gasteiger partial charge < -0.3 is 14.2 Å². The molecule has 4 aromatic rings. The van der Waals surface area contributed by atoms with Gasteiger partial charge >= 0.3 is 6.18 Å². The smallest absolute Gasteiger partial charge is 0.416 e. The average molecular weight is 494 g/mol. The third kappa shape index (κ3) is 4.94. The van der Waals surface area contributed by atoms with Crippen molar-refractivity contribution in [2.75, 3.05) is 18.1 Å². The lowest BCUT2D eigenvalue weighted by atomic mass is 10.1. The van der Waals surface area contributed by atoms with Gasteiger partial charge in [-0.15, -0.1) is 0 Å². The van der Waals surface area contributed by atoms with E-state index in [4.69, 9.17) is 9.72 Å².